The van der Waals surface area contributed by atoms with Crippen LogP contribution < -0.4 is 10.6 Å². The van der Waals surface area contributed by atoms with Gasteiger partial charge in [0.2, 0.25) is 11.8 Å². The Balaban J connectivity index is 1.43. The first-order valence-corrected chi connectivity index (χ1v) is 9.76. The first-order chi connectivity index (χ1) is 13.2. The number of carbonyl (C=O) groups excluding carboxylic acids is 2. The molecule has 2 heterocycles. The molecule has 2 aliphatic rings. The van der Waals surface area contributed by atoms with Crippen LogP contribution in [-0.4, -0.2) is 22.8 Å². The lowest BCUT2D eigenvalue weighted by atomic mass is 9.82. The van der Waals surface area contributed by atoms with E-state index < -0.39 is 0 Å². The predicted octanol–water partition coefficient (Wildman–Crippen LogP) is 3.74. The molecule has 2 unspecified atom stereocenters. The molecular weight excluding hydrogens is 338 g/mol. The Hall–Kier alpha value is -2.69. The van der Waals surface area contributed by atoms with Gasteiger partial charge in [-0.3, -0.25) is 19.9 Å². The van der Waals surface area contributed by atoms with Gasteiger partial charge in [-0.1, -0.05) is 24.6 Å². The van der Waals surface area contributed by atoms with Crippen molar-refractivity contribution in [2.45, 2.75) is 56.4 Å². The Morgan fingerprint density at radius 2 is 1.78 bits per heavy atom. The normalized spacial score (nSPS) is 23.7. The fourth-order valence-corrected chi connectivity index (χ4v) is 4.37. The zero-order valence-corrected chi connectivity index (χ0v) is 15.4. The smallest absolute Gasteiger partial charge is 0.227 e. The number of aromatic nitrogens is 1. The second-order valence-corrected chi connectivity index (χ2v) is 7.69. The number of carbonyl (C=O) groups is 2. The maximum Gasteiger partial charge on any atom is 0.227 e. The fourth-order valence-electron chi connectivity index (χ4n) is 4.37. The number of hydrogen-bond acceptors (Lipinski definition) is 4. The molecule has 27 heavy (non-hydrogen) atoms. The number of pyridine rings is 1. The second-order valence-electron chi connectivity index (χ2n) is 7.69. The van der Waals surface area contributed by atoms with Gasteiger partial charge in [0.15, 0.2) is 0 Å². The molecule has 2 aromatic rings. The minimum absolute atomic E-state index is 0.0255. The SMILES string of the molecule is O=C1CC(c2cccc(NC3CCCC(c4cccnc4)C3)c2)CC(=O)N1. The van der Waals surface area contributed by atoms with Gasteiger partial charge < -0.3 is 5.32 Å². The van der Waals surface area contributed by atoms with Crippen LogP contribution in [0.15, 0.2) is 48.8 Å². The van der Waals surface area contributed by atoms with Crippen LogP contribution >= 0.6 is 0 Å². The zero-order valence-electron chi connectivity index (χ0n) is 15.4. The van der Waals surface area contributed by atoms with Crippen LogP contribution in [0.1, 0.15) is 61.5 Å². The Labute approximate surface area is 159 Å². The average molecular weight is 363 g/mol. The van der Waals surface area contributed by atoms with Crippen LogP contribution in [0.4, 0.5) is 5.69 Å². The zero-order chi connectivity index (χ0) is 18.6. The highest BCUT2D eigenvalue weighted by atomic mass is 16.2. The molecule has 0 spiro atoms. The number of amides is 2. The van der Waals surface area contributed by atoms with Crippen LogP contribution in [0.3, 0.4) is 0 Å². The average Bonchev–Trinajstić information content (AvgIpc) is 2.68. The number of nitrogens with zero attached hydrogens (tertiary/aromatic N) is 1. The van der Waals surface area contributed by atoms with Crippen molar-refractivity contribution in [2.24, 2.45) is 0 Å². The molecule has 2 atom stereocenters. The number of piperidine rings is 1. The highest BCUT2D eigenvalue weighted by Crippen LogP contribution is 2.34. The van der Waals surface area contributed by atoms with Gasteiger partial charge in [0, 0.05) is 42.9 Å². The number of benzene rings is 1. The van der Waals surface area contributed by atoms with Crippen molar-refractivity contribution in [3.8, 4) is 0 Å². The molecule has 1 aromatic heterocycles. The largest absolute Gasteiger partial charge is 0.382 e. The third kappa shape index (κ3) is 4.35. The minimum atomic E-state index is -0.179. The molecule has 140 valence electrons. The maximum absolute atomic E-state index is 11.7. The van der Waals surface area contributed by atoms with E-state index in [4.69, 9.17) is 0 Å². The summed E-state index contributed by atoms with van der Waals surface area (Å²) >= 11 is 0. The summed E-state index contributed by atoms with van der Waals surface area (Å²) in [5, 5.41) is 6.06. The van der Waals surface area contributed by atoms with Crippen molar-refractivity contribution >= 4 is 17.5 Å². The van der Waals surface area contributed by atoms with Crippen molar-refractivity contribution < 1.29 is 9.59 Å². The van der Waals surface area contributed by atoms with Crippen LogP contribution in [0, 0.1) is 0 Å². The summed E-state index contributed by atoms with van der Waals surface area (Å²) in [6.07, 6.45) is 9.23. The molecule has 5 nitrogen and oxygen atoms in total. The van der Waals surface area contributed by atoms with Crippen molar-refractivity contribution in [2.75, 3.05) is 5.32 Å². The van der Waals surface area contributed by atoms with Crippen LogP contribution in [-0.2, 0) is 9.59 Å². The van der Waals surface area contributed by atoms with E-state index in [2.05, 4.69) is 33.8 Å². The summed E-state index contributed by atoms with van der Waals surface area (Å²) in [5.41, 5.74) is 3.45. The number of anilines is 1. The molecular formula is C22H25N3O2. The lowest BCUT2D eigenvalue weighted by Gasteiger charge is -2.31. The Morgan fingerprint density at radius 1 is 0.963 bits per heavy atom. The first kappa shape index (κ1) is 17.7. The molecule has 2 amide bonds. The monoisotopic (exact) mass is 363 g/mol. The van der Waals surface area contributed by atoms with E-state index in [0.29, 0.717) is 24.8 Å². The molecule has 1 saturated heterocycles. The summed E-state index contributed by atoms with van der Waals surface area (Å²) in [6, 6.07) is 12.8. The van der Waals surface area contributed by atoms with Crippen LogP contribution in [0.5, 0.6) is 0 Å². The van der Waals surface area contributed by atoms with E-state index in [1.165, 1.54) is 18.4 Å². The lowest BCUT2D eigenvalue weighted by Crippen LogP contribution is -2.37. The van der Waals surface area contributed by atoms with Gasteiger partial charge in [0.05, 0.1) is 0 Å². The van der Waals surface area contributed by atoms with E-state index >= 15 is 0 Å². The summed E-state index contributed by atoms with van der Waals surface area (Å²) < 4.78 is 0. The summed E-state index contributed by atoms with van der Waals surface area (Å²) in [5.74, 6) is 0.165. The quantitative estimate of drug-likeness (QED) is 0.812. The van der Waals surface area contributed by atoms with Crippen molar-refractivity contribution in [1.82, 2.24) is 10.3 Å². The molecule has 1 saturated carbocycles. The summed E-state index contributed by atoms with van der Waals surface area (Å²) in [6.45, 7) is 0. The van der Waals surface area contributed by atoms with Gasteiger partial charge in [0.25, 0.3) is 0 Å². The number of nitrogens with one attached hydrogen (secondary N) is 2. The summed E-state index contributed by atoms with van der Waals surface area (Å²) in [7, 11) is 0. The third-order valence-electron chi connectivity index (χ3n) is 5.70. The van der Waals surface area contributed by atoms with Crippen LogP contribution in [0.2, 0.25) is 0 Å². The van der Waals surface area contributed by atoms with Gasteiger partial charge in [-0.25, -0.2) is 0 Å². The van der Waals surface area contributed by atoms with Crippen molar-refractivity contribution in [3.05, 3.63) is 59.9 Å². The lowest BCUT2D eigenvalue weighted by molar-refractivity contribution is -0.133. The first-order valence-electron chi connectivity index (χ1n) is 9.76. The highest BCUT2D eigenvalue weighted by molar-refractivity contribution is 5.98. The summed E-state index contributed by atoms with van der Waals surface area (Å²) in [4.78, 5) is 27.6. The number of imide groups is 1. The van der Waals surface area contributed by atoms with E-state index in [-0.39, 0.29) is 17.7 Å². The van der Waals surface area contributed by atoms with Gasteiger partial charge in [-0.2, -0.15) is 0 Å². The molecule has 5 heteroatoms. The van der Waals surface area contributed by atoms with Crippen LogP contribution in [0.25, 0.3) is 0 Å². The molecule has 0 bridgehead atoms. The topological polar surface area (TPSA) is 71.1 Å². The Bertz CT molecular complexity index is 805. The van der Waals surface area contributed by atoms with E-state index in [0.717, 1.165) is 24.1 Å². The Kier molecular flexibility index (Phi) is 5.19. The number of rotatable bonds is 4. The predicted molar refractivity (Wildman–Crippen MR) is 104 cm³/mol. The molecule has 1 aliphatic carbocycles. The van der Waals surface area contributed by atoms with E-state index in [9.17, 15) is 9.59 Å². The second kappa shape index (κ2) is 7.91. The molecule has 4 rings (SSSR count). The standard InChI is InChI=1S/C22H25N3O2/c26-21-12-18(13-22(27)25-21)16-5-2-8-20(11-16)24-19-7-1-4-15(10-19)17-6-3-9-23-14-17/h2-3,5-6,8-9,11,14-15,18-19,24H,1,4,7,10,12-13H2,(H,25,26,27). The molecule has 1 aliphatic heterocycles. The van der Waals surface area contributed by atoms with Gasteiger partial charge in [-0.05, 0) is 54.5 Å². The molecule has 0 radical (unpaired) electrons. The van der Waals surface area contributed by atoms with E-state index in [1.54, 1.807) is 0 Å². The van der Waals surface area contributed by atoms with Gasteiger partial charge in [-0.15, -0.1) is 0 Å². The molecule has 1 aromatic carbocycles. The van der Waals surface area contributed by atoms with Gasteiger partial charge >= 0.3 is 0 Å². The number of hydrogen-bond donors (Lipinski definition) is 2. The van der Waals surface area contributed by atoms with E-state index in [1.807, 2.05) is 30.6 Å². The maximum atomic E-state index is 11.7. The minimum Gasteiger partial charge on any atom is -0.382 e. The fraction of sp³-hybridized carbons (Fsp3) is 0.409. The highest BCUT2D eigenvalue weighted by Gasteiger charge is 2.27. The van der Waals surface area contributed by atoms with Crippen molar-refractivity contribution in [3.63, 3.8) is 0 Å². The molecule has 2 fully saturated rings. The van der Waals surface area contributed by atoms with Gasteiger partial charge in [0.1, 0.15) is 0 Å². The molecule has 2 N–H and O–H groups in total. The Morgan fingerprint density at radius 3 is 2.56 bits per heavy atom. The van der Waals surface area contributed by atoms with Crippen molar-refractivity contribution in [1.29, 1.82) is 0 Å². The third-order valence-corrected chi connectivity index (χ3v) is 5.70.